The van der Waals surface area contributed by atoms with Gasteiger partial charge in [0.2, 0.25) is 5.95 Å². The number of hydrogen-bond acceptors (Lipinski definition) is 8. The van der Waals surface area contributed by atoms with Crippen LogP contribution in [0.15, 0.2) is 34.2 Å². The van der Waals surface area contributed by atoms with Crippen molar-refractivity contribution in [1.82, 2.24) is 24.7 Å². The van der Waals surface area contributed by atoms with Crippen LogP contribution < -0.4 is 10.5 Å². The minimum absolute atomic E-state index is 0.0846. The number of morpholine rings is 1. The number of nitrogens with zero attached hydrogens (tertiary/aromatic N) is 5. The molecule has 0 bridgehead atoms. The van der Waals surface area contributed by atoms with Gasteiger partial charge in [0, 0.05) is 18.0 Å². The highest BCUT2D eigenvalue weighted by Crippen LogP contribution is 2.37. The van der Waals surface area contributed by atoms with Crippen LogP contribution in [0.3, 0.4) is 0 Å². The summed E-state index contributed by atoms with van der Waals surface area (Å²) in [5, 5.41) is 10.5. The van der Waals surface area contributed by atoms with E-state index in [1.54, 1.807) is 23.1 Å². The Balaban J connectivity index is 1.54. The number of aryl methyl sites for hydroxylation is 3. The molecular formula is C23H26N6O2S2. The third-order valence-electron chi connectivity index (χ3n) is 5.99. The number of para-hydroxylation sites is 1. The monoisotopic (exact) mass is 482 g/mol. The van der Waals surface area contributed by atoms with Crippen LogP contribution in [0, 0.1) is 20.8 Å². The van der Waals surface area contributed by atoms with Crippen LogP contribution in [0.2, 0.25) is 0 Å². The molecule has 1 atom stereocenters. The lowest BCUT2D eigenvalue weighted by Gasteiger charge is -2.28. The number of benzene rings is 1. The molecular weight excluding hydrogens is 456 g/mol. The highest BCUT2D eigenvalue weighted by molar-refractivity contribution is 7.99. The molecule has 0 spiro atoms. The van der Waals surface area contributed by atoms with Crippen molar-refractivity contribution in [1.29, 1.82) is 0 Å². The minimum atomic E-state index is -0.116. The van der Waals surface area contributed by atoms with Gasteiger partial charge in [-0.15, -0.1) is 21.5 Å². The SMILES string of the molecule is Cc1ccccc1-n1c(SC(C)c2nc3sc(C)c(C)c3c(=O)[nH]2)nnc1N1CCOCC1. The number of thiophene rings is 1. The molecule has 1 aliphatic rings. The zero-order chi connectivity index (χ0) is 23.1. The normalized spacial score (nSPS) is 15.3. The summed E-state index contributed by atoms with van der Waals surface area (Å²) in [6.45, 7) is 11.0. The van der Waals surface area contributed by atoms with Crippen molar-refractivity contribution in [2.45, 2.75) is 38.1 Å². The molecule has 1 fully saturated rings. The Hall–Kier alpha value is -2.69. The summed E-state index contributed by atoms with van der Waals surface area (Å²) in [6.07, 6.45) is 0. The number of aromatic amines is 1. The Morgan fingerprint density at radius 3 is 2.67 bits per heavy atom. The maximum absolute atomic E-state index is 12.8. The molecule has 10 heteroatoms. The molecule has 0 saturated carbocycles. The van der Waals surface area contributed by atoms with Crippen LogP contribution >= 0.6 is 23.1 Å². The first kappa shape index (κ1) is 22.1. The number of ether oxygens (including phenoxy) is 1. The summed E-state index contributed by atoms with van der Waals surface area (Å²) in [6, 6.07) is 8.23. The van der Waals surface area contributed by atoms with Gasteiger partial charge >= 0.3 is 0 Å². The van der Waals surface area contributed by atoms with Gasteiger partial charge in [0.15, 0.2) is 5.16 Å². The van der Waals surface area contributed by atoms with Crippen LogP contribution in [0.5, 0.6) is 0 Å². The number of aromatic nitrogens is 5. The van der Waals surface area contributed by atoms with E-state index in [1.165, 1.54) is 0 Å². The quantitative estimate of drug-likeness (QED) is 0.427. The van der Waals surface area contributed by atoms with E-state index in [2.05, 4.69) is 43.7 Å². The summed E-state index contributed by atoms with van der Waals surface area (Å²) in [7, 11) is 0. The van der Waals surface area contributed by atoms with E-state index in [9.17, 15) is 4.79 Å². The summed E-state index contributed by atoms with van der Waals surface area (Å²) in [4.78, 5) is 24.7. The average Bonchev–Trinajstić information content (AvgIpc) is 3.35. The molecule has 0 radical (unpaired) electrons. The highest BCUT2D eigenvalue weighted by Gasteiger charge is 2.25. The first-order valence-corrected chi connectivity index (χ1v) is 12.6. The van der Waals surface area contributed by atoms with E-state index in [-0.39, 0.29) is 10.8 Å². The summed E-state index contributed by atoms with van der Waals surface area (Å²) >= 11 is 3.11. The van der Waals surface area contributed by atoms with Gasteiger partial charge in [-0.2, -0.15) is 0 Å². The third kappa shape index (κ3) is 4.07. The summed E-state index contributed by atoms with van der Waals surface area (Å²) in [5.41, 5.74) is 3.10. The second-order valence-electron chi connectivity index (χ2n) is 8.18. The molecule has 4 heterocycles. The van der Waals surface area contributed by atoms with Gasteiger partial charge in [-0.3, -0.25) is 9.36 Å². The summed E-state index contributed by atoms with van der Waals surface area (Å²) in [5.74, 6) is 1.45. The standard InChI is InChI=1S/C23H26N6O2S2/c1-13-7-5-6-8-17(13)29-22(28-9-11-31-12-10-28)26-27-23(29)33-16(4)19-24-20(30)18-14(2)15(3)32-21(18)25-19/h5-8,16H,9-12H2,1-4H3,(H,24,25,30). The Morgan fingerprint density at radius 1 is 1.15 bits per heavy atom. The molecule has 4 aromatic rings. The maximum atomic E-state index is 12.8. The molecule has 0 aliphatic carbocycles. The van der Waals surface area contributed by atoms with Crippen LogP contribution in [0.1, 0.15) is 34.0 Å². The average molecular weight is 483 g/mol. The van der Waals surface area contributed by atoms with E-state index in [1.807, 2.05) is 32.9 Å². The van der Waals surface area contributed by atoms with Crippen molar-refractivity contribution in [3.8, 4) is 5.69 Å². The Bertz CT molecular complexity index is 1370. The minimum Gasteiger partial charge on any atom is -0.378 e. The zero-order valence-electron chi connectivity index (χ0n) is 19.1. The number of anilines is 1. The van der Waals surface area contributed by atoms with Crippen molar-refractivity contribution in [3.05, 3.63) is 56.4 Å². The molecule has 1 aliphatic heterocycles. The number of fused-ring (bicyclic) bond motifs is 1. The molecule has 33 heavy (non-hydrogen) atoms. The van der Waals surface area contributed by atoms with Gasteiger partial charge in [0.25, 0.3) is 5.56 Å². The van der Waals surface area contributed by atoms with E-state index in [4.69, 9.17) is 9.72 Å². The van der Waals surface area contributed by atoms with Crippen LogP contribution in [0.4, 0.5) is 5.95 Å². The van der Waals surface area contributed by atoms with Crippen molar-refractivity contribution in [2.75, 3.05) is 31.2 Å². The van der Waals surface area contributed by atoms with Crippen molar-refractivity contribution in [2.24, 2.45) is 0 Å². The highest BCUT2D eigenvalue weighted by atomic mass is 32.2. The van der Waals surface area contributed by atoms with Gasteiger partial charge in [0.1, 0.15) is 10.7 Å². The number of hydrogen-bond donors (Lipinski definition) is 1. The molecule has 172 valence electrons. The fourth-order valence-corrected chi connectivity index (χ4v) is 5.96. The molecule has 1 saturated heterocycles. The first-order chi connectivity index (χ1) is 15.9. The molecule has 3 aromatic heterocycles. The van der Waals surface area contributed by atoms with Crippen LogP contribution in [-0.2, 0) is 4.74 Å². The molecule has 5 rings (SSSR count). The lowest BCUT2D eigenvalue weighted by Crippen LogP contribution is -2.38. The topological polar surface area (TPSA) is 88.9 Å². The Kier molecular flexibility index (Phi) is 5.98. The third-order valence-corrected chi connectivity index (χ3v) is 8.14. The smallest absolute Gasteiger partial charge is 0.259 e. The van der Waals surface area contributed by atoms with Gasteiger partial charge in [-0.05, 0) is 44.9 Å². The number of nitrogens with one attached hydrogen (secondary N) is 1. The Labute approximate surface area is 200 Å². The van der Waals surface area contributed by atoms with Gasteiger partial charge in [-0.1, -0.05) is 30.0 Å². The molecule has 1 unspecified atom stereocenters. The second kappa shape index (κ2) is 8.92. The van der Waals surface area contributed by atoms with Crippen LogP contribution in [0.25, 0.3) is 15.9 Å². The molecule has 8 nitrogen and oxygen atoms in total. The zero-order valence-corrected chi connectivity index (χ0v) is 20.7. The van der Waals surface area contributed by atoms with E-state index in [0.717, 1.165) is 50.7 Å². The largest absolute Gasteiger partial charge is 0.378 e. The van der Waals surface area contributed by atoms with E-state index < -0.39 is 0 Å². The molecule has 1 aromatic carbocycles. The number of rotatable bonds is 5. The lowest BCUT2D eigenvalue weighted by molar-refractivity contribution is 0.122. The van der Waals surface area contributed by atoms with Crippen LogP contribution in [-0.4, -0.2) is 51.0 Å². The Morgan fingerprint density at radius 2 is 1.91 bits per heavy atom. The fourth-order valence-electron chi connectivity index (χ4n) is 4.01. The number of thioether (sulfide) groups is 1. The van der Waals surface area contributed by atoms with Crippen molar-refractivity contribution in [3.63, 3.8) is 0 Å². The van der Waals surface area contributed by atoms with Gasteiger partial charge in [-0.25, -0.2) is 4.98 Å². The first-order valence-electron chi connectivity index (χ1n) is 10.9. The maximum Gasteiger partial charge on any atom is 0.259 e. The predicted molar refractivity (Wildman–Crippen MR) is 133 cm³/mol. The fraction of sp³-hybridized carbons (Fsp3) is 0.391. The number of H-pyrrole nitrogens is 1. The van der Waals surface area contributed by atoms with Crippen molar-refractivity contribution < 1.29 is 4.74 Å². The van der Waals surface area contributed by atoms with E-state index in [0.29, 0.717) is 24.4 Å². The van der Waals surface area contributed by atoms with Gasteiger partial charge < -0.3 is 14.6 Å². The van der Waals surface area contributed by atoms with E-state index >= 15 is 0 Å². The van der Waals surface area contributed by atoms with Crippen molar-refractivity contribution >= 4 is 39.3 Å². The summed E-state index contributed by atoms with van der Waals surface area (Å²) < 4.78 is 7.64. The van der Waals surface area contributed by atoms with Gasteiger partial charge in [0.05, 0.1) is 29.5 Å². The lowest BCUT2D eigenvalue weighted by atomic mass is 10.2. The molecule has 0 amide bonds. The predicted octanol–water partition coefficient (Wildman–Crippen LogP) is 4.18. The second-order valence-corrected chi connectivity index (χ2v) is 10.7. The molecule has 1 N–H and O–H groups in total.